The number of alkyl halides is 12. The molecule has 43 heavy (non-hydrogen) atoms. The summed E-state index contributed by atoms with van der Waals surface area (Å²) in [4.78, 5) is 1.59. The minimum Gasteiger partial charge on any atom is -0.490 e. The minimum atomic E-state index is -6.08. The topological polar surface area (TPSA) is 58.9 Å². The van der Waals surface area contributed by atoms with E-state index in [0.717, 1.165) is 24.3 Å². The molecule has 0 aliphatic heterocycles. The summed E-state index contributed by atoms with van der Waals surface area (Å²) in [5, 5.41) is 18.5. The maximum absolute atomic E-state index is 12.9. The van der Waals surface area contributed by atoms with Gasteiger partial charge in [0.25, 0.3) is 11.2 Å². The summed E-state index contributed by atoms with van der Waals surface area (Å²) in [6.07, 6.45) is -24.3. The number of rotatable bonds is 9. The molecule has 4 nitrogen and oxygen atoms in total. The Labute approximate surface area is 237 Å². The van der Waals surface area contributed by atoms with Crippen LogP contribution in [-0.2, 0) is 0 Å². The number of benzene rings is 3. The Morgan fingerprint density at radius 1 is 0.442 bits per heavy atom. The van der Waals surface area contributed by atoms with Crippen LogP contribution in [0.3, 0.4) is 0 Å². The van der Waals surface area contributed by atoms with Gasteiger partial charge in [0.15, 0.2) is 0 Å². The molecule has 3 rings (SSSR count). The van der Waals surface area contributed by atoms with E-state index in [0.29, 0.717) is 14.7 Å². The summed E-state index contributed by atoms with van der Waals surface area (Å²) in [5.41, 5.74) is -10.3. The van der Waals surface area contributed by atoms with Gasteiger partial charge in [-0.15, -0.1) is 0 Å². The van der Waals surface area contributed by atoms with E-state index in [1.54, 1.807) is 30.3 Å². The molecular weight excluding hydrogens is 636 g/mol. The van der Waals surface area contributed by atoms with Crippen LogP contribution in [0.2, 0.25) is 0 Å². The molecule has 2 N–H and O–H groups in total. The van der Waals surface area contributed by atoms with Crippen LogP contribution in [0.15, 0.2) is 93.5 Å². The van der Waals surface area contributed by atoms with Gasteiger partial charge in [0.05, 0.1) is 0 Å². The van der Waals surface area contributed by atoms with Gasteiger partial charge in [-0.25, -0.2) is 0 Å². The molecule has 0 aliphatic rings. The van der Waals surface area contributed by atoms with Crippen LogP contribution in [-0.4, -0.2) is 59.3 Å². The Kier molecular flexibility index (Phi) is 9.54. The fraction of sp³-hybridized carbons (Fsp3) is 0.308. The Balaban J connectivity index is 1.86. The molecule has 0 fully saturated rings. The highest BCUT2D eigenvalue weighted by Crippen LogP contribution is 2.52. The number of hydrogen-bond acceptors (Lipinski definition) is 4. The van der Waals surface area contributed by atoms with E-state index in [-0.39, 0.29) is 0 Å². The Bertz CT molecular complexity index is 1220. The lowest BCUT2D eigenvalue weighted by Gasteiger charge is -2.32. The van der Waals surface area contributed by atoms with Crippen molar-refractivity contribution in [1.82, 2.24) is 0 Å². The second-order valence-electron chi connectivity index (χ2n) is 8.95. The molecule has 0 aromatic heterocycles. The number of hydrogen-bond donors (Lipinski definition) is 3. The van der Waals surface area contributed by atoms with Crippen molar-refractivity contribution in [2.24, 2.45) is 0 Å². The number of thiol groups is 1. The van der Waals surface area contributed by atoms with Crippen molar-refractivity contribution in [2.45, 2.75) is 50.6 Å². The van der Waals surface area contributed by atoms with Gasteiger partial charge in [0.1, 0.15) is 24.7 Å². The first-order valence-corrected chi connectivity index (χ1v) is 13.0. The van der Waals surface area contributed by atoms with Crippen LogP contribution >= 0.6 is 10.9 Å². The van der Waals surface area contributed by atoms with Gasteiger partial charge < -0.3 is 19.7 Å². The molecule has 0 bridgehead atoms. The lowest BCUT2D eigenvalue weighted by molar-refractivity contribution is -0.374. The zero-order chi connectivity index (χ0) is 32.5. The van der Waals surface area contributed by atoms with E-state index in [4.69, 9.17) is 0 Å². The normalized spacial score (nSPS) is 14.0. The standard InChI is InChI=1S/C26H20F12O4S/c27-23(28,29)21(39,24(30,31)32)14-41-16-6-10-19(11-7-16)43(18-4-2-1-3-5-18)20-12-8-17(9-13-20)42-15-22(40,25(33,34)35)26(36,37)38/h1-13,39-40,43H,14-15H2. The predicted octanol–water partition coefficient (Wildman–Crippen LogP) is 7.63. The molecule has 0 atom stereocenters. The highest BCUT2D eigenvalue weighted by atomic mass is 32.2. The first-order valence-electron chi connectivity index (χ1n) is 11.6. The summed E-state index contributed by atoms with van der Waals surface area (Å²) in [6, 6.07) is 17.9. The van der Waals surface area contributed by atoms with Crippen LogP contribution < -0.4 is 9.47 Å². The van der Waals surface area contributed by atoms with Crippen LogP contribution in [0.25, 0.3) is 0 Å². The average molecular weight is 656 g/mol. The summed E-state index contributed by atoms with van der Waals surface area (Å²) >= 11 is 0. The van der Waals surface area contributed by atoms with Crippen molar-refractivity contribution in [3.05, 3.63) is 78.9 Å². The number of halogens is 12. The predicted molar refractivity (Wildman–Crippen MR) is 128 cm³/mol. The summed E-state index contributed by atoms with van der Waals surface area (Å²) < 4.78 is 164. The van der Waals surface area contributed by atoms with E-state index in [1.165, 1.54) is 24.3 Å². The molecule has 0 spiro atoms. The maximum Gasteiger partial charge on any atom is 0.429 e. The lowest BCUT2D eigenvalue weighted by atomic mass is 10.0. The fourth-order valence-electron chi connectivity index (χ4n) is 3.43. The minimum absolute atomic E-state index is 0.441. The molecule has 0 saturated carbocycles. The Morgan fingerprint density at radius 3 is 1.00 bits per heavy atom. The third kappa shape index (κ3) is 7.26. The highest BCUT2D eigenvalue weighted by Gasteiger charge is 2.72. The molecule has 3 aromatic carbocycles. The van der Waals surface area contributed by atoms with Crippen molar-refractivity contribution in [1.29, 1.82) is 0 Å². The molecule has 238 valence electrons. The van der Waals surface area contributed by atoms with E-state index < -0.39 is 71.5 Å². The van der Waals surface area contributed by atoms with Gasteiger partial charge in [-0.2, -0.15) is 63.6 Å². The zero-order valence-corrected chi connectivity index (χ0v) is 22.0. The summed E-state index contributed by atoms with van der Waals surface area (Å²) in [7, 11) is -1.54. The molecule has 17 heteroatoms. The van der Waals surface area contributed by atoms with Crippen LogP contribution in [0.4, 0.5) is 52.7 Å². The second kappa shape index (κ2) is 12.0. The molecule has 3 aromatic rings. The molecule has 0 unspecified atom stereocenters. The SMILES string of the molecule is OC(COc1ccc([SH](c2ccccc2)c2ccc(OCC(O)(C(F)(F)F)C(F)(F)F)cc2)cc1)(C(F)(F)F)C(F)(F)F. The second-order valence-corrected chi connectivity index (χ2v) is 11.2. The van der Waals surface area contributed by atoms with Crippen molar-refractivity contribution >= 4 is 10.9 Å². The number of ether oxygens (including phenoxy) is 2. The highest BCUT2D eigenvalue weighted by molar-refractivity contribution is 8.17. The van der Waals surface area contributed by atoms with Gasteiger partial charge in [-0.1, -0.05) is 18.2 Å². The fourth-order valence-corrected chi connectivity index (χ4v) is 5.69. The maximum atomic E-state index is 12.9. The monoisotopic (exact) mass is 656 g/mol. The third-order valence-corrected chi connectivity index (χ3v) is 8.42. The van der Waals surface area contributed by atoms with E-state index in [2.05, 4.69) is 9.47 Å². The summed E-state index contributed by atoms with van der Waals surface area (Å²) in [5.74, 6) is -0.881. The van der Waals surface area contributed by atoms with Crippen LogP contribution in [0.5, 0.6) is 11.5 Å². The van der Waals surface area contributed by atoms with Crippen molar-refractivity contribution in [2.75, 3.05) is 13.2 Å². The molecule has 0 amide bonds. The molecular formula is C26H20F12O4S. The Morgan fingerprint density at radius 2 is 0.721 bits per heavy atom. The first-order chi connectivity index (χ1) is 19.6. The quantitative estimate of drug-likeness (QED) is 0.164. The van der Waals surface area contributed by atoms with Gasteiger partial charge in [-0.05, 0) is 75.4 Å². The lowest BCUT2D eigenvalue weighted by Crippen LogP contribution is -2.60. The van der Waals surface area contributed by atoms with E-state index >= 15 is 0 Å². The largest absolute Gasteiger partial charge is 0.490 e. The average Bonchev–Trinajstić information content (AvgIpc) is 2.90. The van der Waals surface area contributed by atoms with E-state index in [1.807, 2.05) is 0 Å². The van der Waals surface area contributed by atoms with Gasteiger partial charge in [0.2, 0.25) is 0 Å². The van der Waals surface area contributed by atoms with Crippen LogP contribution in [0, 0.1) is 0 Å². The molecule has 0 heterocycles. The third-order valence-electron chi connectivity index (χ3n) is 5.98. The zero-order valence-electron chi connectivity index (χ0n) is 21.1. The van der Waals surface area contributed by atoms with E-state index in [9.17, 15) is 62.9 Å². The smallest absolute Gasteiger partial charge is 0.429 e. The number of aliphatic hydroxyl groups is 2. The van der Waals surface area contributed by atoms with Gasteiger partial charge in [0, 0.05) is 0 Å². The van der Waals surface area contributed by atoms with Gasteiger partial charge in [-0.3, -0.25) is 0 Å². The van der Waals surface area contributed by atoms with Crippen molar-refractivity contribution in [3.63, 3.8) is 0 Å². The van der Waals surface area contributed by atoms with Gasteiger partial charge >= 0.3 is 24.7 Å². The molecule has 0 radical (unpaired) electrons. The van der Waals surface area contributed by atoms with Crippen LogP contribution in [0.1, 0.15) is 0 Å². The van der Waals surface area contributed by atoms with Crippen molar-refractivity contribution in [3.8, 4) is 11.5 Å². The molecule has 0 saturated heterocycles. The summed E-state index contributed by atoms with van der Waals surface area (Å²) in [6.45, 7) is -4.35. The van der Waals surface area contributed by atoms with Crippen molar-refractivity contribution < 1.29 is 72.4 Å². The molecule has 0 aliphatic carbocycles. The first kappa shape index (κ1) is 34.2. The Hall–Kier alpha value is -3.31.